The zero-order chi connectivity index (χ0) is 11.7. The quantitative estimate of drug-likeness (QED) is 0.653. The minimum atomic E-state index is 0.121. The summed E-state index contributed by atoms with van der Waals surface area (Å²) in [5.74, 6) is 0.831. The summed E-state index contributed by atoms with van der Waals surface area (Å²) in [4.78, 5) is 12.2. The molecule has 0 aliphatic carbocycles. The summed E-state index contributed by atoms with van der Waals surface area (Å²) >= 11 is 0. The molecule has 0 radical (unpaired) electrons. The van der Waals surface area contributed by atoms with E-state index in [9.17, 15) is 0 Å². The normalized spacial score (nSPS) is 10.6. The third kappa shape index (κ3) is 1.71. The van der Waals surface area contributed by atoms with Crippen LogP contribution >= 0.6 is 0 Å². The van der Waals surface area contributed by atoms with Gasteiger partial charge in [-0.25, -0.2) is 9.36 Å². The minimum Gasteiger partial charge on any atom is -0.368 e. The van der Waals surface area contributed by atoms with E-state index in [4.69, 9.17) is 5.73 Å². The molecule has 17 heavy (non-hydrogen) atoms. The van der Waals surface area contributed by atoms with Gasteiger partial charge in [-0.2, -0.15) is 25.1 Å². The van der Waals surface area contributed by atoms with E-state index in [0.29, 0.717) is 11.9 Å². The van der Waals surface area contributed by atoms with E-state index in [2.05, 4.69) is 25.1 Å². The predicted octanol–water partition coefficient (Wildman–Crippen LogP) is -0.175. The van der Waals surface area contributed by atoms with Crippen LogP contribution in [0.4, 0.5) is 5.95 Å². The fourth-order valence-corrected chi connectivity index (χ4v) is 1.35. The summed E-state index contributed by atoms with van der Waals surface area (Å²) in [5.41, 5.74) is 5.63. The second-order valence-corrected chi connectivity index (χ2v) is 3.19. The maximum Gasteiger partial charge on any atom is 0.257 e. The maximum atomic E-state index is 5.63. The van der Waals surface area contributed by atoms with E-state index in [1.165, 1.54) is 9.36 Å². The molecule has 0 bridgehead atoms. The molecule has 0 fully saturated rings. The van der Waals surface area contributed by atoms with Crippen LogP contribution in [0.1, 0.15) is 0 Å². The number of nitrogen functional groups attached to an aromatic ring is 1. The lowest BCUT2D eigenvalue weighted by atomic mass is 10.7. The summed E-state index contributed by atoms with van der Waals surface area (Å²) in [6.07, 6.45) is 6.71. The molecule has 0 unspecified atom stereocenters. The van der Waals surface area contributed by atoms with Crippen LogP contribution in [0.5, 0.6) is 0 Å². The largest absolute Gasteiger partial charge is 0.368 e. The zero-order valence-corrected chi connectivity index (χ0v) is 8.67. The first kappa shape index (κ1) is 9.46. The Balaban J connectivity index is 2.13. The number of aromatic nitrogens is 7. The molecule has 3 aromatic heterocycles. The molecular formula is C9H8N8. The first-order valence-electron chi connectivity index (χ1n) is 4.84. The lowest BCUT2D eigenvalue weighted by Crippen LogP contribution is -2.11. The zero-order valence-electron chi connectivity index (χ0n) is 8.67. The van der Waals surface area contributed by atoms with Gasteiger partial charge in [0.1, 0.15) is 0 Å². The monoisotopic (exact) mass is 228 g/mol. The fourth-order valence-electron chi connectivity index (χ4n) is 1.35. The van der Waals surface area contributed by atoms with Gasteiger partial charge in [-0.3, -0.25) is 0 Å². The molecule has 0 aliphatic heterocycles. The Hall–Kier alpha value is -2.77. The van der Waals surface area contributed by atoms with Crippen molar-refractivity contribution in [1.82, 2.24) is 34.5 Å². The van der Waals surface area contributed by atoms with Gasteiger partial charge in [-0.15, -0.1) is 0 Å². The molecule has 0 saturated heterocycles. The third-order valence-electron chi connectivity index (χ3n) is 2.05. The van der Waals surface area contributed by atoms with Gasteiger partial charge in [-0.1, -0.05) is 0 Å². The van der Waals surface area contributed by atoms with Crippen molar-refractivity contribution in [3.63, 3.8) is 0 Å². The molecule has 3 aromatic rings. The van der Waals surface area contributed by atoms with E-state index in [1.54, 1.807) is 36.9 Å². The minimum absolute atomic E-state index is 0.121. The molecule has 0 amide bonds. The van der Waals surface area contributed by atoms with Gasteiger partial charge in [-0.05, 0) is 12.1 Å². The Kier molecular flexibility index (Phi) is 2.04. The van der Waals surface area contributed by atoms with Crippen molar-refractivity contribution in [3.8, 4) is 11.9 Å². The highest BCUT2D eigenvalue weighted by Gasteiger charge is 2.07. The van der Waals surface area contributed by atoms with Gasteiger partial charge in [0, 0.05) is 24.8 Å². The Morgan fingerprint density at radius 3 is 1.76 bits per heavy atom. The van der Waals surface area contributed by atoms with Gasteiger partial charge >= 0.3 is 0 Å². The van der Waals surface area contributed by atoms with Crippen molar-refractivity contribution in [1.29, 1.82) is 0 Å². The molecule has 3 heterocycles. The SMILES string of the molecule is Nc1nc(-n2cccn2)nc(-n2cccn2)n1. The smallest absolute Gasteiger partial charge is 0.257 e. The van der Waals surface area contributed by atoms with Crippen LogP contribution in [0.2, 0.25) is 0 Å². The molecular weight excluding hydrogens is 220 g/mol. The highest BCUT2D eigenvalue weighted by molar-refractivity contribution is 5.27. The van der Waals surface area contributed by atoms with Crippen LogP contribution in [-0.4, -0.2) is 34.5 Å². The summed E-state index contributed by atoms with van der Waals surface area (Å²) < 4.78 is 3.01. The van der Waals surface area contributed by atoms with Crippen molar-refractivity contribution < 1.29 is 0 Å². The number of rotatable bonds is 2. The summed E-state index contributed by atoms with van der Waals surface area (Å²) in [6.45, 7) is 0. The number of hydrogen-bond donors (Lipinski definition) is 1. The first-order valence-corrected chi connectivity index (χ1v) is 4.84. The van der Waals surface area contributed by atoms with E-state index >= 15 is 0 Å². The molecule has 2 N–H and O–H groups in total. The van der Waals surface area contributed by atoms with E-state index < -0.39 is 0 Å². The van der Waals surface area contributed by atoms with Gasteiger partial charge in [0.15, 0.2) is 0 Å². The molecule has 3 rings (SSSR count). The average molecular weight is 228 g/mol. The molecule has 8 heteroatoms. The van der Waals surface area contributed by atoms with Gasteiger partial charge < -0.3 is 5.73 Å². The van der Waals surface area contributed by atoms with Crippen LogP contribution in [0.15, 0.2) is 36.9 Å². The Morgan fingerprint density at radius 1 is 0.824 bits per heavy atom. The molecule has 8 nitrogen and oxygen atoms in total. The molecule has 0 aliphatic rings. The molecule has 0 atom stereocenters. The first-order chi connectivity index (χ1) is 8.33. The van der Waals surface area contributed by atoms with Crippen molar-refractivity contribution >= 4 is 5.95 Å². The average Bonchev–Trinajstić information content (AvgIpc) is 3.02. The lowest BCUT2D eigenvalue weighted by Gasteiger charge is -2.03. The van der Waals surface area contributed by atoms with Crippen LogP contribution in [0.25, 0.3) is 11.9 Å². The van der Waals surface area contributed by atoms with Crippen LogP contribution in [0.3, 0.4) is 0 Å². The van der Waals surface area contributed by atoms with E-state index in [0.717, 1.165) is 0 Å². The van der Waals surface area contributed by atoms with E-state index in [-0.39, 0.29) is 5.95 Å². The topological polar surface area (TPSA) is 100 Å². The van der Waals surface area contributed by atoms with Gasteiger partial charge in [0.2, 0.25) is 5.95 Å². The van der Waals surface area contributed by atoms with Crippen molar-refractivity contribution in [2.24, 2.45) is 0 Å². The lowest BCUT2D eigenvalue weighted by molar-refractivity contribution is 0.748. The third-order valence-corrected chi connectivity index (χ3v) is 2.05. The summed E-state index contributed by atoms with van der Waals surface area (Å²) in [7, 11) is 0. The second kappa shape index (κ2) is 3.67. The second-order valence-electron chi connectivity index (χ2n) is 3.19. The predicted molar refractivity (Wildman–Crippen MR) is 58.5 cm³/mol. The molecule has 0 saturated carbocycles. The Bertz CT molecular complexity index is 560. The maximum absolute atomic E-state index is 5.63. The molecule has 0 spiro atoms. The number of nitrogens with zero attached hydrogens (tertiary/aromatic N) is 7. The fraction of sp³-hybridized carbons (Fsp3) is 0. The van der Waals surface area contributed by atoms with Crippen LogP contribution < -0.4 is 5.73 Å². The summed E-state index contributed by atoms with van der Waals surface area (Å²) in [5, 5.41) is 8.06. The highest BCUT2D eigenvalue weighted by Crippen LogP contribution is 2.05. The standard InChI is InChI=1S/C9H8N8/c10-7-13-8(16-5-1-3-11-16)15-9(14-7)17-6-2-4-12-17/h1-6H,(H2,10,13,14,15). The molecule has 84 valence electrons. The van der Waals surface area contributed by atoms with Crippen molar-refractivity contribution in [3.05, 3.63) is 36.9 Å². The Labute approximate surface area is 95.8 Å². The highest BCUT2D eigenvalue weighted by atomic mass is 15.4. The van der Waals surface area contributed by atoms with Crippen molar-refractivity contribution in [2.45, 2.75) is 0 Å². The molecule has 0 aromatic carbocycles. The number of anilines is 1. The summed E-state index contributed by atoms with van der Waals surface area (Å²) in [6, 6.07) is 3.54. The number of nitrogens with two attached hydrogens (primary N) is 1. The van der Waals surface area contributed by atoms with Gasteiger partial charge in [0.25, 0.3) is 11.9 Å². The van der Waals surface area contributed by atoms with Gasteiger partial charge in [0.05, 0.1) is 0 Å². The Morgan fingerprint density at radius 2 is 1.35 bits per heavy atom. The van der Waals surface area contributed by atoms with Crippen molar-refractivity contribution in [2.75, 3.05) is 5.73 Å². The van der Waals surface area contributed by atoms with Crippen LogP contribution in [0, 0.1) is 0 Å². The van der Waals surface area contributed by atoms with E-state index in [1.807, 2.05) is 0 Å². The van der Waals surface area contributed by atoms with Crippen LogP contribution in [-0.2, 0) is 0 Å². The number of hydrogen-bond acceptors (Lipinski definition) is 6.